The fraction of sp³-hybridized carbons (Fsp3) is 0.615. The molecule has 19 heavy (non-hydrogen) atoms. The highest BCUT2D eigenvalue weighted by Gasteiger charge is 2.34. The van der Waals surface area contributed by atoms with Gasteiger partial charge in [-0.05, 0) is 36.8 Å². The fourth-order valence-corrected chi connectivity index (χ4v) is 4.11. The molecule has 1 fully saturated rings. The quantitative estimate of drug-likeness (QED) is 0.874. The highest BCUT2D eigenvalue weighted by molar-refractivity contribution is 7.89. The van der Waals surface area contributed by atoms with Crippen LogP contribution in [0.2, 0.25) is 0 Å². The monoisotopic (exact) mass is 283 g/mol. The number of pyridine rings is 1. The number of hydrogen-bond acceptors (Lipinski definition) is 4. The molecular weight excluding hydrogens is 262 g/mol. The summed E-state index contributed by atoms with van der Waals surface area (Å²) in [7, 11) is -3.53. The Morgan fingerprint density at radius 3 is 2.84 bits per heavy atom. The van der Waals surface area contributed by atoms with Crippen LogP contribution in [0.4, 0.5) is 0 Å². The molecule has 1 aromatic heterocycles. The van der Waals surface area contributed by atoms with Crippen LogP contribution < -0.4 is 10.5 Å². The van der Waals surface area contributed by atoms with Gasteiger partial charge >= 0.3 is 0 Å². The maximum Gasteiger partial charge on any atom is 0.242 e. The van der Waals surface area contributed by atoms with E-state index >= 15 is 0 Å². The van der Waals surface area contributed by atoms with E-state index in [4.69, 9.17) is 5.73 Å². The summed E-state index contributed by atoms with van der Waals surface area (Å²) in [6.45, 7) is 4.45. The molecule has 2 rings (SSSR count). The van der Waals surface area contributed by atoms with Crippen LogP contribution in [0.5, 0.6) is 0 Å². The Balaban J connectivity index is 2.19. The van der Waals surface area contributed by atoms with Gasteiger partial charge in [0, 0.05) is 18.8 Å². The van der Waals surface area contributed by atoms with Gasteiger partial charge in [0.1, 0.15) is 4.90 Å². The molecule has 1 atom stereocenters. The molecule has 1 aliphatic carbocycles. The highest BCUT2D eigenvalue weighted by atomic mass is 32.2. The number of nitrogens with two attached hydrogens (primary N) is 1. The lowest BCUT2D eigenvalue weighted by molar-refractivity contribution is 0.372. The van der Waals surface area contributed by atoms with E-state index in [2.05, 4.69) is 23.6 Å². The third-order valence-electron chi connectivity index (χ3n) is 3.62. The molecule has 1 aromatic rings. The second-order valence-corrected chi connectivity index (χ2v) is 7.56. The van der Waals surface area contributed by atoms with Gasteiger partial charge in [0.25, 0.3) is 0 Å². The van der Waals surface area contributed by atoms with E-state index in [-0.39, 0.29) is 22.9 Å². The second-order valence-electron chi connectivity index (χ2n) is 5.88. The van der Waals surface area contributed by atoms with Gasteiger partial charge in [-0.15, -0.1) is 0 Å². The van der Waals surface area contributed by atoms with Crippen LogP contribution in [-0.2, 0) is 16.6 Å². The second kappa shape index (κ2) is 5.19. The third-order valence-corrected chi connectivity index (χ3v) is 5.22. The molecule has 0 bridgehead atoms. The van der Waals surface area contributed by atoms with Crippen molar-refractivity contribution >= 4 is 10.0 Å². The zero-order valence-electron chi connectivity index (χ0n) is 11.4. The first-order valence-electron chi connectivity index (χ1n) is 6.50. The molecular formula is C13H21N3O2S. The van der Waals surface area contributed by atoms with Gasteiger partial charge in [0.05, 0.1) is 5.69 Å². The number of hydrogen-bond donors (Lipinski definition) is 2. The maximum atomic E-state index is 12.4. The van der Waals surface area contributed by atoms with Crippen LogP contribution in [0.3, 0.4) is 0 Å². The number of aromatic nitrogens is 1. The molecule has 0 amide bonds. The Hall–Kier alpha value is -0.980. The van der Waals surface area contributed by atoms with Crippen molar-refractivity contribution < 1.29 is 8.42 Å². The van der Waals surface area contributed by atoms with Crippen molar-refractivity contribution in [1.82, 2.24) is 9.71 Å². The highest BCUT2D eigenvalue weighted by Crippen LogP contribution is 2.37. The van der Waals surface area contributed by atoms with Crippen molar-refractivity contribution in [3.63, 3.8) is 0 Å². The van der Waals surface area contributed by atoms with Crippen LogP contribution in [0.1, 0.15) is 38.8 Å². The molecule has 106 valence electrons. The summed E-state index contributed by atoms with van der Waals surface area (Å²) in [6.07, 6.45) is 4.34. The minimum atomic E-state index is -3.53. The molecule has 1 unspecified atom stereocenters. The predicted octanol–water partition coefficient (Wildman–Crippen LogP) is 1.40. The Kier molecular flexibility index (Phi) is 3.94. The first-order chi connectivity index (χ1) is 8.84. The molecule has 1 saturated carbocycles. The van der Waals surface area contributed by atoms with Gasteiger partial charge < -0.3 is 5.73 Å². The Labute approximate surface area is 114 Å². The Bertz CT molecular complexity index is 555. The average molecular weight is 283 g/mol. The molecule has 0 aliphatic heterocycles. The van der Waals surface area contributed by atoms with Crippen molar-refractivity contribution in [2.24, 2.45) is 11.1 Å². The summed E-state index contributed by atoms with van der Waals surface area (Å²) in [6, 6.07) is 3.18. The summed E-state index contributed by atoms with van der Waals surface area (Å²) in [4.78, 5) is 4.22. The van der Waals surface area contributed by atoms with Crippen LogP contribution in [0.25, 0.3) is 0 Å². The van der Waals surface area contributed by atoms with Crippen molar-refractivity contribution in [3.05, 3.63) is 24.0 Å². The normalized spacial score (nSPS) is 22.6. The van der Waals surface area contributed by atoms with Gasteiger partial charge in [0.2, 0.25) is 10.0 Å². The minimum Gasteiger partial charge on any atom is -0.325 e. The van der Waals surface area contributed by atoms with E-state index in [9.17, 15) is 8.42 Å². The molecule has 6 heteroatoms. The Morgan fingerprint density at radius 1 is 1.53 bits per heavy atom. The Morgan fingerprint density at radius 2 is 2.26 bits per heavy atom. The molecule has 0 radical (unpaired) electrons. The molecule has 0 saturated heterocycles. The standard InChI is InChI=1S/C13H21N3O2S/c1-13(2)6-5-10(8-13)16-19(17,18)12-4-3-7-15-11(12)9-14/h3-4,7,10,16H,5-6,8-9,14H2,1-2H3. The minimum absolute atomic E-state index is 0.00540. The van der Waals surface area contributed by atoms with Crippen LogP contribution >= 0.6 is 0 Å². The number of sulfonamides is 1. The molecule has 5 nitrogen and oxygen atoms in total. The van der Waals surface area contributed by atoms with Gasteiger partial charge in [0.15, 0.2) is 0 Å². The zero-order valence-corrected chi connectivity index (χ0v) is 12.2. The van der Waals surface area contributed by atoms with E-state index in [0.29, 0.717) is 5.69 Å². The molecule has 3 N–H and O–H groups in total. The molecule has 1 heterocycles. The van der Waals surface area contributed by atoms with E-state index in [1.54, 1.807) is 18.3 Å². The van der Waals surface area contributed by atoms with Gasteiger partial charge in [-0.1, -0.05) is 13.8 Å². The van der Waals surface area contributed by atoms with E-state index in [0.717, 1.165) is 19.3 Å². The van der Waals surface area contributed by atoms with E-state index in [1.807, 2.05) is 0 Å². The van der Waals surface area contributed by atoms with Crippen LogP contribution in [-0.4, -0.2) is 19.4 Å². The van der Waals surface area contributed by atoms with Crippen LogP contribution in [0.15, 0.2) is 23.2 Å². The zero-order chi connectivity index (χ0) is 14.1. The summed E-state index contributed by atoms with van der Waals surface area (Å²) in [5.74, 6) is 0. The summed E-state index contributed by atoms with van der Waals surface area (Å²) in [5, 5.41) is 0. The van der Waals surface area contributed by atoms with Gasteiger partial charge in [-0.25, -0.2) is 13.1 Å². The summed E-state index contributed by atoms with van der Waals surface area (Å²) in [5.41, 5.74) is 6.16. The summed E-state index contributed by atoms with van der Waals surface area (Å²) < 4.78 is 27.5. The topological polar surface area (TPSA) is 85.1 Å². The lowest BCUT2D eigenvalue weighted by atomic mass is 9.92. The third kappa shape index (κ3) is 3.32. The van der Waals surface area contributed by atoms with Crippen LogP contribution in [0, 0.1) is 5.41 Å². The molecule has 0 spiro atoms. The fourth-order valence-electron chi connectivity index (χ4n) is 2.64. The van der Waals surface area contributed by atoms with Crippen molar-refractivity contribution in [2.45, 2.75) is 50.6 Å². The van der Waals surface area contributed by atoms with Crippen molar-refractivity contribution in [1.29, 1.82) is 0 Å². The van der Waals surface area contributed by atoms with E-state index in [1.165, 1.54) is 0 Å². The number of rotatable bonds is 4. The summed E-state index contributed by atoms with van der Waals surface area (Å²) >= 11 is 0. The van der Waals surface area contributed by atoms with Crippen molar-refractivity contribution in [3.8, 4) is 0 Å². The lowest BCUT2D eigenvalue weighted by Gasteiger charge is -2.18. The SMILES string of the molecule is CC1(C)CCC(NS(=O)(=O)c2cccnc2CN)C1. The molecule has 1 aliphatic rings. The maximum absolute atomic E-state index is 12.4. The van der Waals surface area contributed by atoms with Gasteiger partial charge in [-0.2, -0.15) is 0 Å². The first-order valence-corrected chi connectivity index (χ1v) is 7.99. The smallest absolute Gasteiger partial charge is 0.242 e. The first kappa shape index (κ1) is 14.4. The van der Waals surface area contributed by atoms with Crippen molar-refractivity contribution in [2.75, 3.05) is 0 Å². The van der Waals surface area contributed by atoms with Gasteiger partial charge in [-0.3, -0.25) is 4.98 Å². The number of nitrogens with one attached hydrogen (secondary N) is 1. The van der Waals surface area contributed by atoms with E-state index < -0.39 is 10.0 Å². The predicted molar refractivity (Wildman–Crippen MR) is 73.9 cm³/mol. The average Bonchev–Trinajstić information content (AvgIpc) is 2.67. The molecule has 0 aromatic carbocycles. The largest absolute Gasteiger partial charge is 0.325 e. The lowest BCUT2D eigenvalue weighted by Crippen LogP contribution is -2.34. The number of nitrogens with zero attached hydrogens (tertiary/aromatic N) is 1.